The molecule has 2 N–H and O–H groups in total. The van der Waals surface area contributed by atoms with E-state index in [1.54, 1.807) is 42.7 Å². The quantitative estimate of drug-likeness (QED) is 0.697. The summed E-state index contributed by atoms with van der Waals surface area (Å²) in [6.45, 7) is 0.455. The molecule has 0 radical (unpaired) electrons. The zero-order valence-electron chi connectivity index (χ0n) is 16.0. The Morgan fingerprint density at radius 2 is 2.13 bits per heavy atom. The molecule has 2 amide bonds. The van der Waals surface area contributed by atoms with Crippen LogP contribution in [0.25, 0.3) is 5.69 Å². The monoisotopic (exact) mass is 406 g/mol. The van der Waals surface area contributed by atoms with E-state index in [2.05, 4.69) is 15.7 Å². The van der Waals surface area contributed by atoms with Gasteiger partial charge in [-0.2, -0.15) is 5.10 Å². The molecule has 0 bridgehead atoms. The van der Waals surface area contributed by atoms with E-state index in [-0.39, 0.29) is 17.6 Å². The molecule has 30 heavy (non-hydrogen) atoms. The van der Waals surface area contributed by atoms with Crippen LogP contribution in [0.2, 0.25) is 0 Å². The Labute approximate surface area is 171 Å². The van der Waals surface area contributed by atoms with E-state index >= 15 is 0 Å². The molecule has 0 unspecified atom stereocenters. The number of ether oxygens (including phenoxy) is 1. The lowest BCUT2D eigenvalue weighted by Gasteiger charge is -2.17. The van der Waals surface area contributed by atoms with Gasteiger partial charge < -0.3 is 15.4 Å². The van der Waals surface area contributed by atoms with Gasteiger partial charge >= 0.3 is 0 Å². The number of aromatic nitrogens is 2. The Hall–Kier alpha value is -3.52. The van der Waals surface area contributed by atoms with Crippen LogP contribution in [0.4, 0.5) is 15.8 Å². The van der Waals surface area contributed by atoms with Gasteiger partial charge in [-0.1, -0.05) is 12.1 Å². The van der Waals surface area contributed by atoms with Gasteiger partial charge in [0.2, 0.25) is 11.8 Å². The molecular formula is C22H19FN4O3. The molecule has 1 fully saturated rings. The second-order valence-electron chi connectivity index (χ2n) is 7.44. The van der Waals surface area contributed by atoms with Crippen LogP contribution in [0.1, 0.15) is 23.7 Å². The Balaban J connectivity index is 1.33. The minimum absolute atomic E-state index is 0.0513. The summed E-state index contributed by atoms with van der Waals surface area (Å²) in [5.41, 5.74) is 3.34. The largest absolute Gasteiger partial charge is 0.373 e. The molecule has 8 heteroatoms. The van der Waals surface area contributed by atoms with E-state index in [1.807, 2.05) is 6.07 Å². The molecule has 7 nitrogen and oxygen atoms in total. The highest BCUT2D eigenvalue weighted by atomic mass is 19.1. The van der Waals surface area contributed by atoms with Crippen LogP contribution in [-0.2, 0) is 20.7 Å². The summed E-state index contributed by atoms with van der Waals surface area (Å²) in [5, 5.41) is 9.95. The van der Waals surface area contributed by atoms with Crippen molar-refractivity contribution in [2.24, 2.45) is 5.92 Å². The van der Waals surface area contributed by atoms with Crippen LogP contribution in [0.3, 0.4) is 0 Å². The highest BCUT2D eigenvalue weighted by Crippen LogP contribution is 2.36. The van der Waals surface area contributed by atoms with Gasteiger partial charge in [-0.25, -0.2) is 9.07 Å². The van der Waals surface area contributed by atoms with E-state index in [0.717, 1.165) is 16.8 Å². The second kappa shape index (κ2) is 7.38. The molecule has 0 spiro atoms. The molecule has 0 aliphatic carbocycles. The van der Waals surface area contributed by atoms with Crippen LogP contribution in [0.15, 0.2) is 54.9 Å². The standard InChI is InChI=1S/C22H19FN4O3/c23-17-3-1-2-4-19(17)27-12-14(11-24-27)21-16(7-8-30-21)22(29)25-15-5-6-18-13(9-15)10-20(28)26-18/h1-6,9,11-12,16,21H,7-8,10H2,(H,25,29)(H,26,28)/t16-,21+/m0/s1. The van der Waals surface area contributed by atoms with Crippen LogP contribution >= 0.6 is 0 Å². The van der Waals surface area contributed by atoms with Crippen molar-refractivity contribution in [2.45, 2.75) is 18.9 Å². The van der Waals surface area contributed by atoms with Crippen LogP contribution in [0, 0.1) is 11.7 Å². The van der Waals surface area contributed by atoms with E-state index in [0.29, 0.717) is 30.8 Å². The van der Waals surface area contributed by atoms with Gasteiger partial charge in [0.15, 0.2) is 0 Å². The maximum atomic E-state index is 14.0. The van der Waals surface area contributed by atoms with Crippen molar-refractivity contribution in [3.05, 3.63) is 71.8 Å². The molecule has 1 saturated heterocycles. The summed E-state index contributed by atoms with van der Waals surface area (Å²) < 4.78 is 21.3. The highest BCUT2D eigenvalue weighted by Gasteiger charge is 2.36. The molecule has 2 aromatic carbocycles. The molecule has 2 atom stereocenters. The third-order valence-corrected chi connectivity index (χ3v) is 5.46. The van der Waals surface area contributed by atoms with E-state index in [9.17, 15) is 14.0 Å². The molecule has 3 heterocycles. The van der Waals surface area contributed by atoms with Crippen LogP contribution in [-0.4, -0.2) is 28.2 Å². The Morgan fingerprint density at radius 3 is 3.00 bits per heavy atom. The molecule has 3 aromatic rings. The number of nitrogens with zero attached hydrogens (tertiary/aromatic N) is 2. The first kappa shape index (κ1) is 18.5. The predicted molar refractivity (Wildman–Crippen MR) is 108 cm³/mol. The number of carbonyl (C=O) groups excluding carboxylic acids is 2. The number of hydrogen-bond donors (Lipinski definition) is 2. The lowest BCUT2D eigenvalue weighted by Crippen LogP contribution is -2.25. The van der Waals surface area contributed by atoms with Gasteiger partial charge in [0.05, 0.1) is 24.6 Å². The smallest absolute Gasteiger partial charge is 0.230 e. The molecule has 1 aromatic heterocycles. The van der Waals surface area contributed by atoms with Gasteiger partial charge in [0.25, 0.3) is 0 Å². The zero-order chi connectivity index (χ0) is 20.7. The number of rotatable bonds is 4. The number of anilines is 2. The fourth-order valence-electron chi connectivity index (χ4n) is 3.98. The average molecular weight is 406 g/mol. The maximum absolute atomic E-state index is 14.0. The first-order valence-electron chi connectivity index (χ1n) is 9.73. The van der Waals surface area contributed by atoms with Crippen molar-refractivity contribution in [3.63, 3.8) is 0 Å². The summed E-state index contributed by atoms with van der Waals surface area (Å²) in [6, 6.07) is 11.7. The van der Waals surface area contributed by atoms with E-state index < -0.39 is 12.0 Å². The van der Waals surface area contributed by atoms with Crippen molar-refractivity contribution in [2.75, 3.05) is 17.2 Å². The molecule has 2 aliphatic heterocycles. The normalized spacial score (nSPS) is 20.1. The van der Waals surface area contributed by atoms with Crippen molar-refractivity contribution in [3.8, 4) is 5.69 Å². The number of hydrogen-bond acceptors (Lipinski definition) is 4. The minimum Gasteiger partial charge on any atom is -0.373 e. The van der Waals surface area contributed by atoms with Gasteiger partial charge in [-0.15, -0.1) is 0 Å². The molecule has 2 aliphatic rings. The topological polar surface area (TPSA) is 85.2 Å². The van der Waals surface area contributed by atoms with Crippen molar-refractivity contribution in [1.82, 2.24) is 9.78 Å². The summed E-state index contributed by atoms with van der Waals surface area (Å²) in [7, 11) is 0. The lowest BCUT2D eigenvalue weighted by atomic mass is 9.96. The number of nitrogens with one attached hydrogen (secondary N) is 2. The maximum Gasteiger partial charge on any atom is 0.230 e. The second-order valence-corrected chi connectivity index (χ2v) is 7.44. The number of halogens is 1. The van der Waals surface area contributed by atoms with Gasteiger partial charge in [0.1, 0.15) is 11.5 Å². The number of fused-ring (bicyclic) bond motifs is 1. The summed E-state index contributed by atoms with van der Waals surface area (Å²) in [5.74, 6) is -0.979. The average Bonchev–Trinajstić information content (AvgIpc) is 3.46. The summed E-state index contributed by atoms with van der Waals surface area (Å²) >= 11 is 0. The number of carbonyl (C=O) groups is 2. The fraction of sp³-hybridized carbons (Fsp3) is 0.227. The third kappa shape index (κ3) is 3.35. The van der Waals surface area contributed by atoms with Crippen LogP contribution < -0.4 is 10.6 Å². The van der Waals surface area contributed by atoms with Crippen molar-refractivity contribution in [1.29, 1.82) is 0 Å². The summed E-state index contributed by atoms with van der Waals surface area (Å²) in [6.07, 6.45) is 3.73. The predicted octanol–water partition coefficient (Wildman–Crippen LogP) is 3.22. The Kier molecular flexibility index (Phi) is 4.55. The van der Waals surface area contributed by atoms with Gasteiger partial charge in [-0.3, -0.25) is 9.59 Å². The summed E-state index contributed by atoms with van der Waals surface area (Å²) in [4.78, 5) is 24.5. The Bertz CT molecular complexity index is 1140. The van der Waals surface area contributed by atoms with E-state index in [4.69, 9.17) is 4.74 Å². The van der Waals surface area contributed by atoms with Gasteiger partial charge in [0, 0.05) is 29.7 Å². The lowest BCUT2D eigenvalue weighted by molar-refractivity contribution is -0.121. The first-order valence-corrected chi connectivity index (χ1v) is 9.73. The number of amides is 2. The SMILES string of the molecule is O=C1Cc2cc(NC(=O)[C@H]3CCO[C@@H]3c3cnn(-c4ccccc4F)c3)ccc2N1. The zero-order valence-corrected chi connectivity index (χ0v) is 16.0. The molecular weight excluding hydrogens is 387 g/mol. The van der Waals surface area contributed by atoms with Crippen LogP contribution in [0.5, 0.6) is 0 Å². The van der Waals surface area contributed by atoms with Gasteiger partial charge in [-0.05, 0) is 42.3 Å². The highest BCUT2D eigenvalue weighted by molar-refractivity contribution is 6.00. The van der Waals surface area contributed by atoms with E-state index in [1.165, 1.54) is 10.7 Å². The number of para-hydroxylation sites is 1. The molecule has 152 valence electrons. The number of benzene rings is 2. The molecule has 5 rings (SSSR count). The Morgan fingerprint density at radius 1 is 1.27 bits per heavy atom. The fourth-order valence-corrected chi connectivity index (χ4v) is 3.98. The first-order chi connectivity index (χ1) is 14.6. The molecule has 0 saturated carbocycles. The van der Waals surface area contributed by atoms with Crippen molar-refractivity contribution >= 4 is 23.2 Å². The minimum atomic E-state index is -0.455. The van der Waals surface area contributed by atoms with Crippen molar-refractivity contribution < 1.29 is 18.7 Å². The third-order valence-electron chi connectivity index (χ3n) is 5.46.